The summed E-state index contributed by atoms with van der Waals surface area (Å²) in [4.78, 5) is 22.5. The van der Waals surface area contributed by atoms with Gasteiger partial charge in [0.25, 0.3) is 5.69 Å². The smallest absolute Gasteiger partial charge is 0.292 e. The van der Waals surface area contributed by atoms with E-state index in [9.17, 15) is 14.9 Å². The van der Waals surface area contributed by atoms with Crippen LogP contribution < -0.4 is 15.4 Å². The maximum absolute atomic E-state index is 12.0. The number of anilines is 1. The van der Waals surface area contributed by atoms with Gasteiger partial charge in [-0.3, -0.25) is 14.9 Å². The number of rotatable bonds is 7. The fourth-order valence-corrected chi connectivity index (χ4v) is 2.78. The molecular formula is C21H25N3O4S. The summed E-state index contributed by atoms with van der Waals surface area (Å²) in [6.07, 6.45) is 0.736. The van der Waals surface area contributed by atoms with Crippen LogP contribution in [0, 0.1) is 10.1 Å². The molecule has 0 saturated heterocycles. The van der Waals surface area contributed by atoms with Crippen LogP contribution in [-0.2, 0) is 10.2 Å². The molecule has 1 amide bonds. The molecule has 8 heteroatoms. The number of nitro benzene ring substituents is 1. The summed E-state index contributed by atoms with van der Waals surface area (Å²) in [5.41, 5.74) is 1.42. The first-order valence-electron chi connectivity index (χ1n) is 9.24. The number of nitro groups is 1. The summed E-state index contributed by atoms with van der Waals surface area (Å²) in [6.45, 7) is 6.84. The van der Waals surface area contributed by atoms with E-state index in [2.05, 4.69) is 31.4 Å². The highest BCUT2D eigenvalue weighted by Crippen LogP contribution is 2.24. The van der Waals surface area contributed by atoms with Crippen molar-refractivity contribution in [2.24, 2.45) is 0 Å². The number of carbonyl (C=O) groups excluding carboxylic acids is 1. The van der Waals surface area contributed by atoms with Crippen LogP contribution in [0.2, 0.25) is 0 Å². The number of benzene rings is 2. The van der Waals surface area contributed by atoms with E-state index in [0.717, 1.165) is 5.75 Å². The molecule has 0 saturated carbocycles. The second-order valence-corrected chi connectivity index (χ2v) is 7.91. The zero-order valence-corrected chi connectivity index (χ0v) is 17.5. The molecule has 2 rings (SSSR count). The van der Waals surface area contributed by atoms with Crippen LogP contribution in [0.3, 0.4) is 0 Å². The van der Waals surface area contributed by atoms with E-state index in [1.54, 1.807) is 12.1 Å². The number of thiocarbonyl (C=S) groups is 1. The van der Waals surface area contributed by atoms with Crippen LogP contribution in [0.1, 0.15) is 39.2 Å². The van der Waals surface area contributed by atoms with Crippen LogP contribution >= 0.6 is 12.2 Å². The quantitative estimate of drug-likeness (QED) is 0.298. The minimum Gasteiger partial charge on any atom is -0.494 e. The van der Waals surface area contributed by atoms with Crippen molar-refractivity contribution in [1.29, 1.82) is 0 Å². The lowest BCUT2D eigenvalue weighted by Crippen LogP contribution is -2.34. The molecule has 0 fully saturated rings. The Morgan fingerprint density at radius 3 is 2.41 bits per heavy atom. The highest BCUT2D eigenvalue weighted by Gasteiger charge is 2.15. The summed E-state index contributed by atoms with van der Waals surface area (Å²) in [6, 6.07) is 14.0. The Bertz CT molecular complexity index is 876. The molecule has 0 aliphatic carbocycles. The first-order chi connectivity index (χ1) is 13.7. The SMILES string of the molecule is CC(C)(C)c1ccc(OCCCC(=O)NC(=S)Nc2ccccc2[N+](=O)[O-])cc1. The Balaban J connectivity index is 1.73. The molecule has 0 unspecified atom stereocenters. The van der Waals surface area contributed by atoms with Crippen molar-refractivity contribution in [2.45, 2.75) is 39.0 Å². The molecular weight excluding hydrogens is 390 g/mol. The minimum atomic E-state index is -0.516. The molecule has 29 heavy (non-hydrogen) atoms. The first-order valence-corrected chi connectivity index (χ1v) is 9.65. The number of hydrogen-bond acceptors (Lipinski definition) is 5. The van der Waals surface area contributed by atoms with Crippen LogP contribution in [-0.4, -0.2) is 22.5 Å². The van der Waals surface area contributed by atoms with Gasteiger partial charge in [-0.1, -0.05) is 45.0 Å². The van der Waals surface area contributed by atoms with E-state index in [-0.39, 0.29) is 34.2 Å². The maximum atomic E-state index is 12.0. The largest absolute Gasteiger partial charge is 0.494 e. The first kappa shape index (κ1) is 22.3. The van der Waals surface area contributed by atoms with Gasteiger partial charge in [0, 0.05) is 12.5 Å². The molecule has 0 aromatic heterocycles. The number of para-hydroxylation sites is 2. The van der Waals surface area contributed by atoms with Gasteiger partial charge in [-0.2, -0.15) is 0 Å². The van der Waals surface area contributed by atoms with Gasteiger partial charge < -0.3 is 15.4 Å². The van der Waals surface area contributed by atoms with Crippen molar-refractivity contribution in [2.75, 3.05) is 11.9 Å². The summed E-state index contributed by atoms with van der Waals surface area (Å²) >= 11 is 5.06. The van der Waals surface area contributed by atoms with E-state index in [0.29, 0.717) is 13.0 Å². The van der Waals surface area contributed by atoms with Crippen molar-refractivity contribution >= 4 is 34.6 Å². The van der Waals surface area contributed by atoms with Gasteiger partial charge >= 0.3 is 0 Å². The van der Waals surface area contributed by atoms with Gasteiger partial charge in [0.1, 0.15) is 11.4 Å². The fourth-order valence-electron chi connectivity index (χ4n) is 2.56. The predicted molar refractivity (Wildman–Crippen MR) is 117 cm³/mol. The van der Waals surface area contributed by atoms with Gasteiger partial charge in [-0.25, -0.2) is 0 Å². The molecule has 154 valence electrons. The van der Waals surface area contributed by atoms with E-state index in [4.69, 9.17) is 17.0 Å². The average molecular weight is 416 g/mol. The molecule has 0 heterocycles. The van der Waals surface area contributed by atoms with Crippen LogP contribution in [0.15, 0.2) is 48.5 Å². The van der Waals surface area contributed by atoms with Crippen molar-refractivity contribution in [1.82, 2.24) is 5.32 Å². The molecule has 0 atom stereocenters. The Kier molecular flexibility index (Phi) is 7.67. The summed E-state index contributed by atoms with van der Waals surface area (Å²) in [7, 11) is 0. The van der Waals surface area contributed by atoms with Gasteiger partial charge in [0.05, 0.1) is 11.5 Å². The van der Waals surface area contributed by atoms with Gasteiger partial charge in [-0.15, -0.1) is 0 Å². The molecule has 0 radical (unpaired) electrons. The topological polar surface area (TPSA) is 93.5 Å². The average Bonchev–Trinajstić information content (AvgIpc) is 2.65. The number of hydrogen-bond donors (Lipinski definition) is 2. The standard InChI is InChI=1S/C21H25N3O4S/c1-21(2,3)15-10-12-16(13-11-15)28-14-6-9-19(25)23-20(29)22-17-7-4-5-8-18(17)24(26)27/h4-5,7-8,10-13H,6,9,14H2,1-3H3,(H2,22,23,25,29). The second-order valence-electron chi connectivity index (χ2n) is 7.50. The number of carbonyl (C=O) groups is 1. The number of nitrogens with zero attached hydrogens (tertiary/aromatic N) is 1. The van der Waals surface area contributed by atoms with E-state index < -0.39 is 4.92 Å². The Hall–Kier alpha value is -3.00. The number of ether oxygens (including phenoxy) is 1. The third kappa shape index (κ3) is 7.15. The second kappa shape index (κ2) is 9.97. The Morgan fingerprint density at radius 2 is 1.79 bits per heavy atom. The number of amides is 1. The molecule has 7 nitrogen and oxygen atoms in total. The number of nitrogens with one attached hydrogen (secondary N) is 2. The summed E-state index contributed by atoms with van der Waals surface area (Å²) in [5, 5.41) is 16.2. The van der Waals surface area contributed by atoms with Gasteiger partial charge in [-0.05, 0) is 47.8 Å². The molecule has 0 spiro atoms. The third-order valence-corrected chi connectivity index (χ3v) is 4.34. The maximum Gasteiger partial charge on any atom is 0.292 e. The van der Waals surface area contributed by atoms with Crippen molar-refractivity contribution in [3.05, 3.63) is 64.2 Å². The van der Waals surface area contributed by atoms with E-state index >= 15 is 0 Å². The van der Waals surface area contributed by atoms with Gasteiger partial charge in [0.2, 0.25) is 5.91 Å². The Morgan fingerprint density at radius 1 is 1.14 bits per heavy atom. The fraction of sp³-hybridized carbons (Fsp3) is 0.333. The highest BCUT2D eigenvalue weighted by molar-refractivity contribution is 7.80. The van der Waals surface area contributed by atoms with Crippen LogP contribution in [0.5, 0.6) is 5.75 Å². The minimum absolute atomic E-state index is 0.0167. The summed E-state index contributed by atoms with van der Waals surface area (Å²) < 4.78 is 5.66. The van der Waals surface area contributed by atoms with Crippen LogP contribution in [0.4, 0.5) is 11.4 Å². The van der Waals surface area contributed by atoms with E-state index in [1.165, 1.54) is 17.7 Å². The Labute approximate surface area is 175 Å². The molecule has 2 N–H and O–H groups in total. The zero-order valence-electron chi connectivity index (χ0n) is 16.7. The molecule has 0 aliphatic rings. The monoisotopic (exact) mass is 415 g/mol. The normalized spacial score (nSPS) is 10.9. The van der Waals surface area contributed by atoms with Crippen LogP contribution in [0.25, 0.3) is 0 Å². The van der Waals surface area contributed by atoms with Crippen molar-refractivity contribution < 1.29 is 14.5 Å². The lowest BCUT2D eigenvalue weighted by atomic mass is 9.87. The molecule has 2 aromatic rings. The zero-order chi connectivity index (χ0) is 21.4. The summed E-state index contributed by atoms with van der Waals surface area (Å²) in [5.74, 6) is 0.472. The van der Waals surface area contributed by atoms with Gasteiger partial charge in [0.15, 0.2) is 5.11 Å². The lowest BCUT2D eigenvalue weighted by Gasteiger charge is -2.19. The van der Waals surface area contributed by atoms with Crippen molar-refractivity contribution in [3.8, 4) is 5.75 Å². The van der Waals surface area contributed by atoms with Crippen molar-refractivity contribution in [3.63, 3.8) is 0 Å². The molecule has 0 aliphatic heterocycles. The highest BCUT2D eigenvalue weighted by atomic mass is 32.1. The molecule has 0 bridgehead atoms. The predicted octanol–water partition coefficient (Wildman–Crippen LogP) is 4.56. The van der Waals surface area contributed by atoms with E-state index in [1.807, 2.05) is 24.3 Å². The lowest BCUT2D eigenvalue weighted by molar-refractivity contribution is -0.383. The third-order valence-electron chi connectivity index (χ3n) is 4.14. The molecule has 2 aromatic carbocycles.